The van der Waals surface area contributed by atoms with Gasteiger partial charge in [-0.1, -0.05) is 65.8 Å². The highest BCUT2D eigenvalue weighted by atomic mass is 16.6. The molecule has 3 heterocycles. The molecule has 0 saturated carbocycles. The maximum Gasteiger partial charge on any atom is 0.322 e. The Hall–Kier alpha value is -4.72. The first-order chi connectivity index (χ1) is 16.7. The maximum absolute atomic E-state index is 13.2. The lowest BCUT2D eigenvalue weighted by Gasteiger charge is -2.23. The fourth-order valence-corrected chi connectivity index (χ4v) is 3.84. The third kappa shape index (κ3) is 3.71. The Balaban J connectivity index is 1.28. The molecule has 34 heavy (non-hydrogen) atoms. The first-order valence-electron chi connectivity index (χ1n) is 10.7. The van der Waals surface area contributed by atoms with Crippen LogP contribution in [0.4, 0.5) is 6.01 Å². The van der Waals surface area contributed by atoms with Crippen LogP contribution in [0.15, 0.2) is 89.3 Å². The largest absolute Gasteiger partial charge is 0.485 e. The van der Waals surface area contributed by atoms with Crippen LogP contribution in [-0.4, -0.2) is 27.7 Å². The molecule has 0 saturated heterocycles. The number of benzene rings is 3. The summed E-state index contributed by atoms with van der Waals surface area (Å²) in [5.74, 6) is 1.09. The number of carbonyl (C=O) groups excluding carboxylic acids is 1. The topological polar surface area (TPSA) is 99.4 Å². The van der Waals surface area contributed by atoms with Gasteiger partial charge < -0.3 is 13.9 Å². The van der Waals surface area contributed by atoms with E-state index in [2.05, 4.69) is 15.5 Å². The molecular weight excluding hydrogens is 432 g/mol. The van der Waals surface area contributed by atoms with E-state index in [0.717, 1.165) is 10.9 Å². The van der Waals surface area contributed by atoms with Gasteiger partial charge in [0.2, 0.25) is 6.10 Å². The quantitative estimate of drug-likeness (QED) is 0.409. The van der Waals surface area contributed by atoms with E-state index in [4.69, 9.17) is 18.9 Å². The highest BCUT2D eigenvalue weighted by Gasteiger charge is 2.28. The minimum atomic E-state index is -0.570. The molecule has 5 aromatic rings. The minimum Gasteiger partial charge on any atom is -0.485 e. The number of hydrogen-bond acceptors (Lipinski definition) is 7. The Kier molecular flexibility index (Phi) is 4.88. The third-order valence-electron chi connectivity index (χ3n) is 5.48. The smallest absolute Gasteiger partial charge is 0.322 e. The van der Waals surface area contributed by atoms with Gasteiger partial charge in [0.1, 0.15) is 6.61 Å². The lowest BCUT2D eigenvalue weighted by atomic mass is 10.0. The fraction of sp³-hybridized carbons (Fsp3) is 0.0769. The van der Waals surface area contributed by atoms with Gasteiger partial charge in [-0.25, -0.2) is 4.98 Å². The molecule has 1 unspecified atom stereocenters. The van der Waals surface area contributed by atoms with Gasteiger partial charge in [0.05, 0.1) is 16.8 Å². The summed E-state index contributed by atoms with van der Waals surface area (Å²) in [6.45, 7) is 0.224. The summed E-state index contributed by atoms with van der Waals surface area (Å²) in [6, 6.07) is 26.3. The summed E-state index contributed by atoms with van der Waals surface area (Å²) in [4.78, 5) is 18.0. The molecule has 0 spiro atoms. The van der Waals surface area contributed by atoms with E-state index in [9.17, 15) is 4.79 Å². The molecule has 1 aliphatic heterocycles. The summed E-state index contributed by atoms with van der Waals surface area (Å²) in [7, 11) is 0. The van der Waals surface area contributed by atoms with E-state index in [-0.39, 0.29) is 24.4 Å². The van der Waals surface area contributed by atoms with Gasteiger partial charge >= 0.3 is 6.01 Å². The van der Waals surface area contributed by atoms with Gasteiger partial charge in [0.15, 0.2) is 11.5 Å². The highest BCUT2D eigenvalue weighted by molar-refractivity contribution is 6.12. The average molecular weight is 450 g/mol. The normalized spacial score (nSPS) is 14.6. The number of para-hydroxylation sites is 3. The molecule has 1 aliphatic rings. The molecule has 2 aromatic heterocycles. The number of nitrogens with zero attached hydrogens (tertiary/aromatic N) is 3. The van der Waals surface area contributed by atoms with Crippen molar-refractivity contribution >= 4 is 22.8 Å². The Bertz CT molecular complexity index is 1500. The van der Waals surface area contributed by atoms with Crippen LogP contribution in [-0.2, 0) is 0 Å². The Morgan fingerprint density at radius 3 is 2.53 bits per heavy atom. The predicted molar refractivity (Wildman–Crippen MR) is 125 cm³/mol. The summed E-state index contributed by atoms with van der Waals surface area (Å²) in [5, 5.41) is 11.4. The number of amides is 1. The molecule has 0 radical (unpaired) electrons. The van der Waals surface area contributed by atoms with Crippen LogP contribution in [0.1, 0.15) is 22.4 Å². The average Bonchev–Trinajstić information content (AvgIpc) is 3.36. The number of pyridine rings is 1. The van der Waals surface area contributed by atoms with Gasteiger partial charge in [-0.2, -0.15) is 0 Å². The lowest BCUT2D eigenvalue weighted by Crippen LogP contribution is -2.21. The van der Waals surface area contributed by atoms with Gasteiger partial charge in [-0.3, -0.25) is 10.1 Å². The molecular formula is C26H18N4O4. The van der Waals surface area contributed by atoms with Crippen molar-refractivity contribution in [2.75, 3.05) is 11.9 Å². The van der Waals surface area contributed by atoms with Crippen molar-refractivity contribution in [2.45, 2.75) is 6.10 Å². The molecule has 1 amide bonds. The van der Waals surface area contributed by atoms with Crippen LogP contribution in [0.3, 0.4) is 0 Å². The molecule has 0 fully saturated rings. The third-order valence-corrected chi connectivity index (χ3v) is 5.48. The maximum atomic E-state index is 13.2. The second-order valence-electron chi connectivity index (χ2n) is 7.70. The molecule has 8 heteroatoms. The van der Waals surface area contributed by atoms with Gasteiger partial charge in [0, 0.05) is 10.9 Å². The van der Waals surface area contributed by atoms with Crippen molar-refractivity contribution in [1.82, 2.24) is 15.2 Å². The van der Waals surface area contributed by atoms with E-state index >= 15 is 0 Å². The molecule has 0 aliphatic carbocycles. The van der Waals surface area contributed by atoms with E-state index in [1.54, 1.807) is 12.1 Å². The van der Waals surface area contributed by atoms with E-state index in [0.29, 0.717) is 28.3 Å². The van der Waals surface area contributed by atoms with Crippen LogP contribution < -0.4 is 14.8 Å². The zero-order valence-electron chi connectivity index (χ0n) is 17.8. The Morgan fingerprint density at radius 1 is 0.882 bits per heavy atom. The molecule has 1 N–H and O–H groups in total. The molecule has 166 valence electrons. The first-order valence-corrected chi connectivity index (χ1v) is 10.7. The second kappa shape index (κ2) is 8.32. The molecule has 8 nitrogen and oxygen atoms in total. The molecule has 0 bridgehead atoms. The Morgan fingerprint density at radius 2 is 1.65 bits per heavy atom. The standard InChI is InChI=1S/C26H18N4O4/c31-24(18-14-20(16-8-2-1-3-9-16)27-19-11-5-4-10-17(18)19)28-26-30-29-25(34-26)23-15-32-21-12-6-7-13-22(21)33-23/h1-14,23H,15H2,(H,28,30,31). The van der Waals surface area contributed by atoms with Crippen molar-refractivity contribution in [3.05, 3.63) is 96.4 Å². The number of anilines is 1. The van der Waals surface area contributed by atoms with Crippen molar-refractivity contribution in [2.24, 2.45) is 0 Å². The molecule has 3 aromatic carbocycles. The number of hydrogen-bond donors (Lipinski definition) is 1. The van der Waals surface area contributed by atoms with Gasteiger partial charge in [-0.15, -0.1) is 5.10 Å². The van der Waals surface area contributed by atoms with E-state index in [1.807, 2.05) is 72.8 Å². The van der Waals surface area contributed by atoms with Crippen LogP contribution in [0, 0.1) is 0 Å². The summed E-state index contributed by atoms with van der Waals surface area (Å²) >= 11 is 0. The Labute approximate surface area is 194 Å². The van der Waals surface area contributed by atoms with Crippen molar-refractivity contribution in [3.63, 3.8) is 0 Å². The number of aromatic nitrogens is 3. The van der Waals surface area contributed by atoms with E-state index in [1.165, 1.54) is 0 Å². The number of rotatable bonds is 4. The highest BCUT2D eigenvalue weighted by Crippen LogP contribution is 2.35. The number of fused-ring (bicyclic) bond motifs is 2. The number of nitrogens with one attached hydrogen (secondary N) is 1. The van der Waals surface area contributed by atoms with Crippen LogP contribution in [0.5, 0.6) is 11.5 Å². The number of carbonyl (C=O) groups is 1. The van der Waals surface area contributed by atoms with Crippen molar-refractivity contribution in [3.8, 4) is 22.8 Å². The SMILES string of the molecule is O=C(Nc1nnc(C2COc3ccccc3O2)o1)c1cc(-c2ccccc2)nc2ccccc12. The van der Waals surface area contributed by atoms with Crippen LogP contribution in [0.25, 0.3) is 22.2 Å². The molecule has 6 rings (SSSR count). The second-order valence-corrected chi connectivity index (χ2v) is 7.70. The number of ether oxygens (including phenoxy) is 2. The summed E-state index contributed by atoms with van der Waals surface area (Å²) in [5.41, 5.74) is 2.78. The summed E-state index contributed by atoms with van der Waals surface area (Å²) in [6.07, 6.45) is -0.570. The van der Waals surface area contributed by atoms with Crippen LogP contribution >= 0.6 is 0 Å². The zero-order chi connectivity index (χ0) is 22.9. The first kappa shape index (κ1) is 19.9. The van der Waals surface area contributed by atoms with Gasteiger partial charge in [-0.05, 0) is 24.3 Å². The molecule has 1 atom stereocenters. The zero-order valence-corrected chi connectivity index (χ0v) is 17.8. The van der Waals surface area contributed by atoms with Crippen molar-refractivity contribution in [1.29, 1.82) is 0 Å². The van der Waals surface area contributed by atoms with E-state index < -0.39 is 6.10 Å². The van der Waals surface area contributed by atoms with Crippen LogP contribution in [0.2, 0.25) is 0 Å². The predicted octanol–water partition coefficient (Wildman–Crippen LogP) is 5.05. The fourth-order valence-electron chi connectivity index (χ4n) is 3.84. The van der Waals surface area contributed by atoms with Gasteiger partial charge in [0.25, 0.3) is 11.8 Å². The minimum absolute atomic E-state index is 0.0235. The van der Waals surface area contributed by atoms with Crippen molar-refractivity contribution < 1.29 is 18.7 Å². The monoisotopic (exact) mass is 450 g/mol. The lowest BCUT2D eigenvalue weighted by molar-refractivity contribution is 0.0716. The summed E-state index contributed by atoms with van der Waals surface area (Å²) < 4.78 is 17.3.